The summed E-state index contributed by atoms with van der Waals surface area (Å²) in [6.45, 7) is 3.32. The molecule has 2 fully saturated rings. The van der Waals surface area contributed by atoms with Gasteiger partial charge in [-0.05, 0) is 25.2 Å². The van der Waals surface area contributed by atoms with Gasteiger partial charge in [0.1, 0.15) is 0 Å². The first kappa shape index (κ1) is 12.6. The van der Waals surface area contributed by atoms with Gasteiger partial charge in [-0.15, -0.1) is 0 Å². The van der Waals surface area contributed by atoms with Gasteiger partial charge in [-0.3, -0.25) is 0 Å². The van der Waals surface area contributed by atoms with E-state index in [1.54, 1.807) is 4.90 Å². The number of hydrogen-bond acceptors (Lipinski definition) is 3. The van der Waals surface area contributed by atoms with Crippen LogP contribution in [0.1, 0.15) is 25.7 Å². The van der Waals surface area contributed by atoms with Crippen LogP contribution < -0.4 is 5.32 Å². The quantitative estimate of drug-likeness (QED) is 0.744. The third-order valence-corrected chi connectivity index (χ3v) is 3.60. The molecule has 1 aliphatic heterocycles. The smallest absolute Gasteiger partial charge is 0.317 e. The van der Waals surface area contributed by atoms with Crippen molar-refractivity contribution in [2.24, 2.45) is 5.92 Å². The molecule has 0 radical (unpaired) electrons. The fourth-order valence-electron chi connectivity index (χ4n) is 2.56. The van der Waals surface area contributed by atoms with Crippen LogP contribution in [0.3, 0.4) is 0 Å². The number of aliphatic hydroxyl groups is 1. The predicted octanol–water partition coefficient (Wildman–Crippen LogP) is 0.579. The maximum Gasteiger partial charge on any atom is 0.317 e. The molecular weight excluding hydrogens is 220 g/mol. The van der Waals surface area contributed by atoms with Gasteiger partial charge in [0.15, 0.2) is 0 Å². The van der Waals surface area contributed by atoms with Crippen LogP contribution in [0.25, 0.3) is 0 Å². The van der Waals surface area contributed by atoms with E-state index in [9.17, 15) is 9.90 Å². The zero-order valence-electron chi connectivity index (χ0n) is 10.2. The number of amides is 2. The van der Waals surface area contributed by atoms with E-state index in [0.29, 0.717) is 38.8 Å². The highest BCUT2D eigenvalue weighted by molar-refractivity contribution is 5.74. The van der Waals surface area contributed by atoms with E-state index in [1.807, 2.05) is 0 Å². The Hall–Kier alpha value is -0.810. The summed E-state index contributed by atoms with van der Waals surface area (Å²) in [6, 6.07) is 0.00774. The second kappa shape index (κ2) is 6.21. The Morgan fingerprint density at radius 3 is 2.82 bits per heavy atom. The second-order valence-electron chi connectivity index (χ2n) is 4.97. The Balaban J connectivity index is 1.68. The lowest BCUT2D eigenvalue weighted by Gasteiger charge is -2.29. The number of aliphatic hydroxyl groups excluding tert-OH is 1. The van der Waals surface area contributed by atoms with Crippen molar-refractivity contribution in [1.82, 2.24) is 10.2 Å². The second-order valence-corrected chi connectivity index (χ2v) is 4.97. The van der Waals surface area contributed by atoms with Gasteiger partial charge in [0.2, 0.25) is 0 Å². The molecule has 0 aromatic heterocycles. The maximum absolute atomic E-state index is 11.8. The zero-order chi connectivity index (χ0) is 12.1. The van der Waals surface area contributed by atoms with Crippen LogP contribution >= 0.6 is 0 Å². The molecule has 98 valence electrons. The molecule has 5 nitrogen and oxygen atoms in total. The molecule has 0 bridgehead atoms. The number of morpholine rings is 1. The van der Waals surface area contributed by atoms with E-state index < -0.39 is 0 Å². The number of urea groups is 1. The van der Waals surface area contributed by atoms with Gasteiger partial charge in [-0.1, -0.05) is 6.42 Å². The summed E-state index contributed by atoms with van der Waals surface area (Å²) in [6.07, 6.45) is 3.74. The van der Waals surface area contributed by atoms with Crippen molar-refractivity contribution in [3.8, 4) is 0 Å². The number of ether oxygens (including phenoxy) is 1. The van der Waals surface area contributed by atoms with Crippen LogP contribution in [-0.4, -0.2) is 55.0 Å². The van der Waals surface area contributed by atoms with Crippen molar-refractivity contribution in [1.29, 1.82) is 0 Å². The summed E-state index contributed by atoms with van der Waals surface area (Å²) in [5, 5.41) is 12.5. The molecule has 2 N–H and O–H groups in total. The molecule has 1 saturated carbocycles. The molecule has 5 heteroatoms. The molecule has 0 aromatic rings. The van der Waals surface area contributed by atoms with Crippen molar-refractivity contribution < 1.29 is 14.6 Å². The lowest BCUT2D eigenvalue weighted by Crippen LogP contribution is -2.47. The summed E-state index contributed by atoms with van der Waals surface area (Å²) in [7, 11) is 0. The maximum atomic E-state index is 11.8. The van der Waals surface area contributed by atoms with E-state index in [-0.39, 0.29) is 12.1 Å². The van der Waals surface area contributed by atoms with E-state index in [0.717, 1.165) is 25.7 Å². The number of carbonyl (C=O) groups excluding carboxylic acids is 1. The van der Waals surface area contributed by atoms with Crippen LogP contribution in [0.15, 0.2) is 0 Å². The first-order valence-electron chi connectivity index (χ1n) is 6.54. The summed E-state index contributed by atoms with van der Waals surface area (Å²) < 4.78 is 5.20. The van der Waals surface area contributed by atoms with Crippen molar-refractivity contribution in [2.75, 3.05) is 32.8 Å². The van der Waals surface area contributed by atoms with E-state index >= 15 is 0 Å². The lowest BCUT2D eigenvalue weighted by molar-refractivity contribution is 0.0521. The van der Waals surface area contributed by atoms with Crippen LogP contribution in [-0.2, 0) is 4.74 Å². The minimum Gasteiger partial charge on any atom is -0.393 e. The molecular formula is C12H22N2O3. The summed E-state index contributed by atoms with van der Waals surface area (Å²) >= 11 is 0. The monoisotopic (exact) mass is 242 g/mol. The molecule has 1 heterocycles. The molecule has 2 rings (SSSR count). The third-order valence-electron chi connectivity index (χ3n) is 3.60. The molecule has 17 heavy (non-hydrogen) atoms. The Morgan fingerprint density at radius 1 is 1.35 bits per heavy atom. The SMILES string of the molecule is O=C(NCC1CCCC(O)C1)N1CCOCC1. The van der Waals surface area contributed by atoms with Crippen LogP contribution in [0.4, 0.5) is 4.79 Å². The number of nitrogens with zero attached hydrogens (tertiary/aromatic N) is 1. The molecule has 1 saturated heterocycles. The minimum atomic E-state index is -0.172. The van der Waals surface area contributed by atoms with Crippen molar-refractivity contribution >= 4 is 6.03 Å². The first-order valence-corrected chi connectivity index (χ1v) is 6.54. The van der Waals surface area contributed by atoms with E-state index in [1.165, 1.54) is 0 Å². The van der Waals surface area contributed by atoms with Gasteiger partial charge in [-0.2, -0.15) is 0 Å². The van der Waals surface area contributed by atoms with Crippen LogP contribution in [0.5, 0.6) is 0 Å². The molecule has 2 amide bonds. The van der Waals surface area contributed by atoms with Crippen LogP contribution in [0.2, 0.25) is 0 Å². The van der Waals surface area contributed by atoms with Crippen molar-refractivity contribution in [2.45, 2.75) is 31.8 Å². The van der Waals surface area contributed by atoms with E-state index in [2.05, 4.69) is 5.32 Å². The number of nitrogens with one attached hydrogen (secondary N) is 1. The Kier molecular flexibility index (Phi) is 4.62. The summed E-state index contributed by atoms with van der Waals surface area (Å²) in [4.78, 5) is 13.6. The molecule has 0 aromatic carbocycles. The van der Waals surface area contributed by atoms with Gasteiger partial charge in [0.25, 0.3) is 0 Å². The normalized spacial score (nSPS) is 30.1. The molecule has 0 spiro atoms. The fraction of sp³-hybridized carbons (Fsp3) is 0.917. The first-order chi connectivity index (χ1) is 8.25. The van der Waals surface area contributed by atoms with Gasteiger partial charge in [-0.25, -0.2) is 4.79 Å². The Labute approximate surface area is 102 Å². The Bertz CT molecular complexity index is 254. The van der Waals surface area contributed by atoms with Crippen LogP contribution in [0, 0.1) is 5.92 Å². The zero-order valence-corrected chi connectivity index (χ0v) is 10.2. The number of hydrogen-bond donors (Lipinski definition) is 2. The lowest BCUT2D eigenvalue weighted by atomic mass is 9.87. The largest absolute Gasteiger partial charge is 0.393 e. The fourth-order valence-corrected chi connectivity index (χ4v) is 2.56. The molecule has 2 atom stereocenters. The summed E-state index contributed by atoms with van der Waals surface area (Å²) in [5.74, 6) is 0.434. The number of carbonyl (C=O) groups is 1. The standard InChI is InChI=1S/C12H22N2O3/c15-11-3-1-2-10(8-11)9-13-12(16)14-4-6-17-7-5-14/h10-11,15H,1-9H2,(H,13,16). The van der Waals surface area contributed by atoms with Crippen molar-refractivity contribution in [3.63, 3.8) is 0 Å². The predicted molar refractivity (Wildman–Crippen MR) is 63.8 cm³/mol. The topological polar surface area (TPSA) is 61.8 Å². The number of rotatable bonds is 2. The van der Waals surface area contributed by atoms with Gasteiger partial charge in [0.05, 0.1) is 19.3 Å². The highest BCUT2D eigenvalue weighted by Crippen LogP contribution is 2.23. The minimum absolute atomic E-state index is 0.00774. The highest BCUT2D eigenvalue weighted by atomic mass is 16.5. The average molecular weight is 242 g/mol. The molecule has 2 aliphatic rings. The third kappa shape index (κ3) is 3.85. The Morgan fingerprint density at radius 2 is 2.12 bits per heavy atom. The van der Waals surface area contributed by atoms with Crippen molar-refractivity contribution in [3.05, 3.63) is 0 Å². The molecule has 1 aliphatic carbocycles. The van der Waals surface area contributed by atoms with E-state index in [4.69, 9.17) is 4.74 Å². The highest BCUT2D eigenvalue weighted by Gasteiger charge is 2.22. The summed E-state index contributed by atoms with van der Waals surface area (Å²) in [5.41, 5.74) is 0. The van der Waals surface area contributed by atoms with Gasteiger partial charge in [0, 0.05) is 19.6 Å². The average Bonchev–Trinajstić information content (AvgIpc) is 2.37. The van der Waals surface area contributed by atoms with Gasteiger partial charge >= 0.3 is 6.03 Å². The van der Waals surface area contributed by atoms with Gasteiger partial charge < -0.3 is 20.1 Å². The molecule has 2 unspecified atom stereocenters.